The number of benzene rings is 2. The minimum atomic E-state index is 0.0810. The van der Waals surface area contributed by atoms with Crippen LogP contribution >= 0.6 is 0 Å². The van der Waals surface area contributed by atoms with E-state index in [0.717, 1.165) is 46.8 Å². The maximum atomic E-state index is 13.0. The highest BCUT2D eigenvalue weighted by molar-refractivity contribution is 5.96. The van der Waals surface area contributed by atoms with Crippen LogP contribution in [0.4, 0.5) is 5.82 Å². The van der Waals surface area contributed by atoms with Crippen LogP contribution in [0.2, 0.25) is 0 Å². The molecule has 1 saturated heterocycles. The molecule has 1 amide bonds. The van der Waals surface area contributed by atoms with E-state index in [0.29, 0.717) is 12.5 Å². The van der Waals surface area contributed by atoms with E-state index in [1.165, 1.54) is 5.57 Å². The second kappa shape index (κ2) is 6.88. The van der Waals surface area contributed by atoms with Gasteiger partial charge < -0.3 is 14.5 Å². The molecule has 3 aromatic rings. The number of ether oxygens (including phenoxy) is 1. The lowest BCUT2D eigenvalue weighted by molar-refractivity contribution is 0.0788. The van der Waals surface area contributed by atoms with Crippen LogP contribution in [0.25, 0.3) is 11.0 Å². The third-order valence-corrected chi connectivity index (χ3v) is 5.76. The van der Waals surface area contributed by atoms with Crippen LogP contribution < -0.4 is 9.64 Å². The Morgan fingerprint density at radius 3 is 2.72 bits per heavy atom. The van der Waals surface area contributed by atoms with Crippen LogP contribution in [0.3, 0.4) is 0 Å². The number of nitrogens with zero attached hydrogens (tertiary/aromatic N) is 4. The summed E-state index contributed by atoms with van der Waals surface area (Å²) in [6, 6.07) is 13.5. The van der Waals surface area contributed by atoms with Gasteiger partial charge in [0.1, 0.15) is 5.75 Å². The Kier molecular flexibility index (Phi) is 4.19. The highest BCUT2D eigenvalue weighted by atomic mass is 16.5. The number of rotatable bonds is 3. The molecule has 2 aromatic carbocycles. The quantitative estimate of drug-likeness (QED) is 0.690. The first-order chi connectivity index (χ1) is 14.1. The van der Waals surface area contributed by atoms with E-state index in [9.17, 15) is 4.79 Å². The molecule has 146 valence electrons. The maximum Gasteiger partial charge on any atom is 0.254 e. The van der Waals surface area contributed by atoms with Crippen molar-refractivity contribution in [1.82, 2.24) is 14.9 Å². The molecule has 6 nitrogen and oxygen atoms in total. The zero-order valence-corrected chi connectivity index (χ0v) is 16.5. The lowest BCUT2D eigenvalue weighted by Gasteiger charge is -2.21. The molecular formula is C23H22N4O2. The number of carbonyl (C=O) groups is 1. The second-order valence-corrected chi connectivity index (χ2v) is 7.64. The molecule has 5 rings (SSSR count). The number of para-hydroxylation sites is 2. The van der Waals surface area contributed by atoms with Gasteiger partial charge in [-0.1, -0.05) is 12.1 Å². The van der Waals surface area contributed by atoms with Gasteiger partial charge >= 0.3 is 0 Å². The molecular weight excluding hydrogens is 364 g/mol. The Morgan fingerprint density at radius 2 is 1.97 bits per heavy atom. The van der Waals surface area contributed by atoms with Gasteiger partial charge in [0.05, 0.1) is 24.3 Å². The van der Waals surface area contributed by atoms with Crippen LogP contribution in [0, 0.1) is 12.8 Å². The van der Waals surface area contributed by atoms with Gasteiger partial charge in [-0.3, -0.25) is 9.78 Å². The van der Waals surface area contributed by atoms with Crippen LogP contribution in [-0.2, 0) is 0 Å². The summed E-state index contributed by atoms with van der Waals surface area (Å²) < 4.78 is 5.25. The normalized spacial score (nSPS) is 18.1. The summed E-state index contributed by atoms with van der Waals surface area (Å²) in [6.07, 6.45) is 3.96. The van der Waals surface area contributed by atoms with E-state index < -0.39 is 0 Å². The topological polar surface area (TPSA) is 58.6 Å². The van der Waals surface area contributed by atoms with Crippen molar-refractivity contribution in [1.29, 1.82) is 0 Å². The summed E-state index contributed by atoms with van der Waals surface area (Å²) in [5, 5.41) is 0. The zero-order valence-electron chi connectivity index (χ0n) is 16.5. The van der Waals surface area contributed by atoms with Crippen molar-refractivity contribution in [3.63, 3.8) is 0 Å². The van der Waals surface area contributed by atoms with Crippen molar-refractivity contribution < 1.29 is 9.53 Å². The summed E-state index contributed by atoms with van der Waals surface area (Å²) in [5.41, 5.74) is 4.75. The SMILES string of the molecule is COc1ccc(C(=O)N2CC3=CN(c4cnc5ccccc5n4)CC3C2)c(C)c1. The van der Waals surface area contributed by atoms with Crippen LogP contribution in [0.5, 0.6) is 5.75 Å². The van der Waals surface area contributed by atoms with Gasteiger partial charge in [0.2, 0.25) is 0 Å². The fraction of sp³-hybridized carbons (Fsp3) is 0.261. The molecule has 0 aliphatic carbocycles. The van der Waals surface area contributed by atoms with Crippen molar-refractivity contribution in [2.75, 3.05) is 31.6 Å². The van der Waals surface area contributed by atoms with Gasteiger partial charge in [0.15, 0.2) is 5.82 Å². The molecule has 2 aliphatic rings. The fourth-order valence-corrected chi connectivity index (χ4v) is 4.18. The minimum absolute atomic E-state index is 0.0810. The first-order valence-corrected chi connectivity index (χ1v) is 9.75. The molecule has 3 heterocycles. The largest absolute Gasteiger partial charge is 0.497 e. The minimum Gasteiger partial charge on any atom is -0.497 e. The lowest BCUT2D eigenvalue weighted by atomic mass is 10.1. The molecule has 29 heavy (non-hydrogen) atoms. The molecule has 0 bridgehead atoms. The Morgan fingerprint density at radius 1 is 1.14 bits per heavy atom. The second-order valence-electron chi connectivity index (χ2n) is 7.64. The van der Waals surface area contributed by atoms with Crippen LogP contribution in [0.15, 0.2) is 60.4 Å². The number of aromatic nitrogens is 2. The first-order valence-electron chi connectivity index (χ1n) is 9.75. The number of likely N-dealkylation sites (tertiary alicyclic amines) is 1. The van der Waals surface area contributed by atoms with Gasteiger partial charge in [-0.25, -0.2) is 4.98 Å². The van der Waals surface area contributed by atoms with Crippen LogP contribution in [0.1, 0.15) is 15.9 Å². The van der Waals surface area contributed by atoms with Crippen molar-refractivity contribution in [2.45, 2.75) is 6.92 Å². The average molecular weight is 386 g/mol. The molecule has 0 radical (unpaired) electrons. The average Bonchev–Trinajstić information content (AvgIpc) is 3.32. The van der Waals surface area contributed by atoms with Crippen LogP contribution in [-0.4, -0.2) is 47.5 Å². The van der Waals surface area contributed by atoms with Gasteiger partial charge in [-0.15, -0.1) is 0 Å². The van der Waals surface area contributed by atoms with E-state index >= 15 is 0 Å². The van der Waals surface area contributed by atoms with Crippen molar-refractivity contribution in [2.24, 2.45) is 5.92 Å². The first kappa shape index (κ1) is 17.7. The van der Waals surface area contributed by atoms with Crippen molar-refractivity contribution in [3.8, 4) is 5.75 Å². The molecule has 2 aliphatic heterocycles. The third-order valence-electron chi connectivity index (χ3n) is 5.76. The summed E-state index contributed by atoms with van der Waals surface area (Å²) in [5.74, 6) is 2.05. The van der Waals surface area contributed by atoms with E-state index in [1.807, 2.05) is 60.5 Å². The van der Waals surface area contributed by atoms with Gasteiger partial charge in [0.25, 0.3) is 5.91 Å². The molecule has 6 heteroatoms. The predicted molar refractivity (Wildman–Crippen MR) is 112 cm³/mol. The molecule has 1 unspecified atom stereocenters. The fourth-order valence-electron chi connectivity index (χ4n) is 4.18. The number of fused-ring (bicyclic) bond motifs is 2. The summed E-state index contributed by atoms with van der Waals surface area (Å²) in [6.45, 7) is 4.17. The number of hydrogen-bond donors (Lipinski definition) is 0. The molecule has 1 aromatic heterocycles. The number of carbonyl (C=O) groups excluding carboxylic acids is 1. The molecule has 0 N–H and O–H groups in total. The highest BCUT2D eigenvalue weighted by Crippen LogP contribution is 2.33. The number of hydrogen-bond acceptors (Lipinski definition) is 5. The molecule has 0 spiro atoms. The Hall–Kier alpha value is -3.41. The van der Waals surface area contributed by atoms with E-state index in [4.69, 9.17) is 9.72 Å². The van der Waals surface area contributed by atoms with E-state index in [-0.39, 0.29) is 5.91 Å². The monoisotopic (exact) mass is 386 g/mol. The molecule has 0 saturated carbocycles. The number of methoxy groups -OCH3 is 1. The lowest BCUT2D eigenvalue weighted by Crippen LogP contribution is -2.31. The zero-order chi connectivity index (χ0) is 20.0. The summed E-state index contributed by atoms with van der Waals surface area (Å²) in [4.78, 5) is 26.4. The Labute approximate surface area is 169 Å². The van der Waals surface area contributed by atoms with Gasteiger partial charge in [-0.05, 0) is 48.4 Å². The standard InChI is InChI=1S/C23H22N4O2/c1-15-9-18(29-2)7-8-19(15)23(28)27-13-16-11-26(12-17(16)14-27)22-10-24-20-5-3-4-6-21(20)25-22/h3-11,17H,12-14H2,1-2H3. The number of aryl methyl sites for hydroxylation is 1. The van der Waals surface area contributed by atoms with Crippen molar-refractivity contribution in [3.05, 3.63) is 71.6 Å². The number of anilines is 1. The van der Waals surface area contributed by atoms with Gasteiger partial charge in [0, 0.05) is 37.3 Å². The maximum absolute atomic E-state index is 13.0. The summed E-state index contributed by atoms with van der Waals surface area (Å²) in [7, 11) is 1.63. The smallest absolute Gasteiger partial charge is 0.254 e. The molecule has 1 fully saturated rings. The van der Waals surface area contributed by atoms with Gasteiger partial charge in [-0.2, -0.15) is 0 Å². The molecule has 1 atom stereocenters. The van der Waals surface area contributed by atoms with Crippen molar-refractivity contribution >= 4 is 22.8 Å². The third kappa shape index (κ3) is 3.10. The number of amides is 1. The highest BCUT2D eigenvalue weighted by Gasteiger charge is 2.36. The Balaban J connectivity index is 1.34. The predicted octanol–water partition coefficient (Wildman–Crippen LogP) is 3.42. The van der Waals surface area contributed by atoms with E-state index in [2.05, 4.69) is 16.1 Å². The Bertz CT molecular complexity index is 1140. The van der Waals surface area contributed by atoms with E-state index in [1.54, 1.807) is 7.11 Å². The summed E-state index contributed by atoms with van der Waals surface area (Å²) >= 11 is 0.